The molecule has 0 fully saturated rings. The molecular formula is C16H10CuO8. The van der Waals surface area contributed by atoms with Gasteiger partial charge in [-0.1, -0.05) is 36.4 Å². The Labute approximate surface area is 151 Å². The van der Waals surface area contributed by atoms with Gasteiger partial charge in [0.25, 0.3) is 0 Å². The van der Waals surface area contributed by atoms with Gasteiger partial charge >= 0.3 is 29.0 Å². The first-order valence-corrected chi connectivity index (χ1v) is 6.33. The molecule has 0 saturated heterocycles. The van der Waals surface area contributed by atoms with E-state index in [1.165, 1.54) is 48.5 Å². The van der Waals surface area contributed by atoms with Crippen LogP contribution < -0.4 is 10.2 Å². The van der Waals surface area contributed by atoms with Crippen LogP contribution in [0, 0.1) is 0 Å². The van der Waals surface area contributed by atoms with Gasteiger partial charge in [-0.3, -0.25) is 0 Å². The van der Waals surface area contributed by atoms with Gasteiger partial charge in [0.1, 0.15) is 0 Å². The number of carboxylic acids is 4. The summed E-state index contributed by atoms with van der Waals surface area (Å²) < 4.78 is 0. The summed E-state index contributed by atoms with van der Waals surface area (Å²) in [4.78, 5) is 41.6. The summed E-state index contributed by atoms with van der Waals surface area (Å²) in [5.41, 5.74) is -1.11. The molecule has 25 heavy (non-hydrogen) atoms. The van der Waals surface area contributed by atoms with Crippen LogP contribution in [0.2, 0.25) is 0 Å². The Morgan fingerprint density at radius 3 is 1.00 bits per heavy atom. The number of carbonyl (C=O) groups excluding carboxylic acids is 2. The fourth-order valence-corrected chi connectivity index (χ4v) is 1.70. The van der Waals surface area contributed by atoms with Crippen molar-refractivity contribution in [3.05, 3.63) is 70.8 Å². The minimum Gasteiger partial charge on any atom is -0.545 e. The Kier molecular flexibility index (Phi) is 8.62. The third-order valence-corrected chi connectivity index (χ3v) is 2.75. The van der Waals surface area contributed by atoms with Gasteiger partial charge in [0, 0.05) is 11.1 Å². The molecule has 0 heterocycles. The monoisotopic (exact) mass is 393 g/mol. The molecule has 133 valence electrons. The standard InChI is InChI=1S/2C8H6O4.Cu/c2*9-7(10)5-3-1-2-4-6(5)8(11)12;/h2*1-4H,(H,9,10)(H,11,12);/q;;+2/p-2. The van der Waals surface area contributed by atoms with Crippen molar-refractivity contribution in [3.8, 4) is 0 Å². The van der Waals surface area contributed by atoms with Crippen molar-refractivity contribution >= 4 is 23.9 Å². The number of carboxylic acid groups (broad SMARTS) is 4. The third kappa shape index (κ3) is 6.09. The van der Waals surface area contributed by atoms with Crippen LogP contribution in [0.3, 0.4) is 0 Å². The number of aromatic carboxylic acids is 4. The predicted molar refractivity (Wildman–Crippen MR) is 75.5 cm³/mol. The zero-order valence-corrected chi connectivity index (χ0v) is 13.2. The van der Waals surface area contributed by atoms with Crippen molar-refractivity contribution in [2.24, 2.45) is 0 Å². The second kappa shape index (κ2) is 9.86. The van der Waals surface area contributed by atoms with Crippen LogP contribution in [-0.2, 0) is 17.1 Å². The summed E-state index contributed by atoms with van der Waals surface area (Å²) >= 11 is 0. The normalized spacial score (nSPS) is 8.96. The zero-order valence-electron chi connectivity index (χ0n) is 12.3. The molecule has 0 aliphatic rings. The first-order valence-electron chi connectivity index (χ1n) is 6.33. The van der Waals surface area contributed by atoms with Gasteiger partial charge in [0.15, 0.2) is 0 Å². The fraction of sp³-hybridized carbons (Fsp3) is 0. The van der Waals surface area contributed by atoms with Gasteiger partial charge in [0.05, 0.1) is 23.1 Å². The molecular weight excluding hydrogens is 384 g/mol. The predicted octanol–water partition coefficient (Wildman–Crippen LogP) is -0.506. The Balaban J connectivity index is 0.000000443. The van der Waals surface area contributed by atoms with Crippen LogP contribution in [0.15, 0.2) is 48.5 Å². The average Bonchev–Trinajstić information content (AvgIpc) is 2.55. The topological polar surface area (TPSA) is 155 Å². The molecule has 0 atom stereocenters. The molecule has 2 rings (SSSR count). The molecule has 0 amide bonds. The number of rotatable bonds is 4. The summed E-state index contributed by atoms with van der Waals surface area (Å²) in [6.07, 6.45) is 0. The molecule has 0 saturated carbocycles. The summed E-state index contributed by atoms with van der Waals surface area (Å²) in [5.74, 6) is -5.49. The summed E-state index contributed by atoms with van der Waals surface area (Å²) in [6, 6.07) is 10.6. The van der Waals surface area contributed by atoms with Crippen LogP contribution in [0.25, 0.3) is 0 Å². The maximum absolute atomic E-state index is 10.4. The number of benzene rings is 2. The smallest absolute Gasteiger partial charge is 0.545 e. The van der Waals surface area contributed by atoms with E-state index in [-0.39, 0.29) is 39.3 Å². The third-order valence-electron chi connectivity index (χ3n) is 2.75. The van der Waals surface area contributed by atoms with Crippen molar-refractivity contribution < 1.29 is 56.7 Å². The Bertz CT molecular complexity index is 667. The Hall–Kier alpha value is -3.16. The van der Waals surface area contributed by atoms with Crippen LogP contribution >= 0.6 is 0 Å². The van der Waals surface area contributed by atoms with E-state index < -0.39 is 23.9 Å². The van der Waals surface area contributed by atoms with E-state index in [4.69, 9.17) is 10.2 Å². The molecule has 0 aromatic heterocycles. The Morgan fingerprint density at radius 2 is 0.840 bits per heavy atom. The van der Waals surface area contributed by atoms with E-state index in [0.717, 1.165) is 0 Å². The molecule has 2 aromatic rings. The first kappa shape index (κ1) is 21.8. The molecule has 0 bridgehead atoms. The van der Waals surface area contributed by atoms with Gasteiger partial charge in [-0.15, -0.1) is 0 Å². The van der Waals surface area contributed by atoms with Crippen LogP contribution in [0.4, 0.5) is 0 Å². The van der Waals surface area contributed by atoms with Crippen molar-refractivity contribution in [1.29, 1.82) is 0 Å². The minimum absolute atomic E-state index is 0. The summed E-state index contributed by atoms with van der Waals surface area (Å²) in [5, 5.41) is 37.8. The first-order chi connectivity index (χ1) is 11.3. The zero-order chi connectivity index (χ0) is 18.3. The van der Waals surface area contributed by atoms with Gasteiger partial charge in [-0.25, -0.2) is 9.59 Å². The van der Waals surface area contributed by atoms with E-state index in [9.17, 15) is 29.4 Å². The maximum atomic E-state index is 10.4. The largest absolute Gasteiger partial charge is 2.00 e. The second-order valence-corrected chi connectivity index (χ2v) is 4.28. The van der Waals surface area contributed by atoms with Crippen molar-refractivity contribution in [2.45, 2.75) is 0 Å². The van der Waals surface area contributed by atoms with Crippen molar-refractivity contribution in [2.75, 3.05) is 0 Å². The van der Waals surface area contributed by atoms with E-state index in [0.29, 0.717) is 0 Å². The van der Waals surface area contributed by atoms with E-state index in [1.54, 1.807) is 0 Å². The van der Waals surface area contributed by atoms with Crippen molar-refractivity contribution in [1.82, 2.24) is 0 Å². The number of hydrogen-bond acceptors (Lipinski definition) is 6. The average molecular weight is 394 g/mol. The molecule has 2 aromatic carbocycles. The quantitative estimate of drug-likeness (QED) is 0.658. The molecule has 0 aliphatic heterocycles. The molecule has 8 nitrogen and oxygen atoms in total. The molecule has 0 spiro atoms. The summed E-state index contributed by atoms with van der Waals surface area (Å²) in [7, 11) is 0. The van der Waals surface area contributed by atoms with Gasteiger partial charge in [-0.2, -0.15) is 0 Å². The van der Waals surface area contributed by atoms with E-state index >= 15 is 0 Å². The molecule has 9 heteroatoms. The second-order valence-electron chi connectivity index (χ2n) is 4.28. The van der Waals surface area contributed by atoms with E-state index in [2.05, 4.69) is 0 Å². The number of carbonyl (C=O) groups is 4. The van der Waals surface area contributed by atoms with Crippen LogP contribution in [-0.4, -0.2) is 34.1 Å². The van der Waals surface area contributed by atoms with Crippen molar-refractivity contribution in [3.63, 3.8) is 0 Å². The summed E-state index contributed by atoms with van der Waals surface area (Å²) in [6.45, 7) is 0. The van der Waals surface area contributed by atoms with Crippen LogP contribution in [0.1, 0.15) is 41.4 Å². The minimum atomic E-state index is -1.48. The van der Waals surface area contributed by atoms with E-state index in [1.807, 2.05) is 0 Å². The fourth-order valence-electron chi connectivity index (χ4n) is 1.70. The molecule has 0 unspecified atom stereocenters. The van der Waals surface area contributed by atoms with Gasteiger partial charge in [-0.05, 0) is 12.1 Å². The molecule has 1 radical (unpaired) electrons. The van der Waals surface area contributed by atoms with Crippen LogP contribution in [0.5, 0.6) is 0 Å². The molecule has 0 aliphatic carbocycles. The molecule has 2 N–H and O–H groups in total. The number of hydrogen-bond donors (Lipinski definition) is 2. The van der Waals surface area contributed by atoms with Gasteiger partial charge in [0.2, 0.25) is 0 Å². The van der Waals surface area contributed by atoms with Gasteiger partial charge < -0.3 is 30.0 Å². The SMILES string of the molecule is O=C([O-])c1ccccc1C(=O)O.O=C([O-])c1ccccc1C(=O)O.[Cu+2]. The maximum Gasteiger partial charge on any atom is 2.00 e. The Morgan fingerprint density at radius 1 is 0.600 bits per heavy atom.